The van der Waals surface area contributed by atoms with Crippen molar-refractivity contribution in [1.29, 1.82) is 5.26 Å². The Morgan fingerprint density at radius 1 is 1.14 bits per heavy atom. The van der Waals surface area contributed by atoms with Crippen LogP contribution in [-0.2, 0) is 0 Å². The smallest absolute Gasteiger partial charge is 0.182 e. The molecule has 4 aromatic rings. The number of methoxy groups -OCH3 is 1. The molecule has 180 valence electrons. The lowest BCUT2D eigenvalue weighted by Gasteiger charge is -2.32. The first-order chi connectivity index (χ1) is 17.2. The fraction of sp³-hybridized carbons (Fsp3) is 0.346. The molecule has 0 amide bonds. The normalized spacial score (nSPS) is 14.8. The molecule has 3 heterocycles. The second-order valence-corrected chi connectivity index (χ2v) is 8.66. The zero-order valence-electron chi connectivity index (χ0n) is 20.0. The molecule has 0 saturated carbocycles. The van der Waals surface area contributed by atoms with Gasteiger partial charge in [0, 0.05) is 50.4 Å². The minimum Gasteiger partial charge on any atom is -0.493 e. The minimum absolute atomic E-state index is 0.417. The molecule has 0 aliphatic carbocycles. The van der Waals surface area contributed by atoms with Gasteiger partial charge in [0.05, 0.1) is 36.2 Å². The monoisotopic (exact) mass is 472 g/mol. The molecule has 9 heteroatoms. The Kier molecular flexibility index (Phi) is 6.66. The first-order valence-electron chi connectivity index (χ1n) is 11.7. The summed E-state index contributed by atoms with van der Waals surface area (Å²) < 4.78 is 17.2. The third-order valence-corrected chi connectivity index (χ3v) is 6.37. The Morgan fingerprint density at radius 3 is 2.80 bits per heavy atom. The van der Waals surface area contributed by atoms with Crippen LogP contribution in [0.25, 0.3) is 22.0 Å². The number of rotatable bonds is 8. The number of pyridine rings is 1. The number of anilines is 2. The zero-order chi connectivity index (χ0) is 24.2. The van der Waals surface area contributed by atoms with Crippen molar-refractivity contribution in [3.63, 3.8) is 0 Å². The van der Waals surface area contributed by atoms with Gasteiger partial charge in [-0.2, -0.15) is 5.26 Å². The van der Waals surface area contributed by atoms with E-state index in [1.54, 1.807) is 13.3 Å². The number of benzene rings is 2. The van der Waals surface area contributed by atoms with E-state index in [0.717, 1.165) is 50.2 Å². The second kappa shape index (κ2) is 10.2. The van der Waals surface area contributed by atoms with Crippen LogP contribution in [0.5, 0.6) is 11.5 Å². The molecule has 0 unspecified atom stereocenters. The lowest BCUT2D eigenvalue weighted by Crippen LogP contribution is -2.44. The van der Waals surface area contributed by atoms with Crippen LogP contribution in [-0.4, -0.2) is 73.3 Å². The number of likely N-dealkylation sites (N-methyl/N-ethyl adjacent to an activating group) is 1. The molecule has 1 saturated heterocycles. The van der Waals surface area contributed by atoms with Crippen molar-refractivity contribution in [1.82, 2.24) is 19.8 Å². The predicted octanol–water partition coefficient (Wildman–Crippen LogP) is 4.02. The molecule has 1 aliphatic rings. The van der Waals surface area contributed by atoms with Crippen LogP contribution in [0.3, 0.4) is 0 Å². The van der Waals surface area contributed by atoms with Crippen molar-refractivity contribution in [2.45, 2.75) is 6.42 Å². The summed E-state index contributed by atoms with van der Waals surface area (Å²) >= 11 is 0. The van der Waals surface area contributed by atoms with E-state index in [1.165, 1.54) is 6.39 Å². The van der Waals surface area contributed by atoms with E-state index in [1.807, 2.05) is 30.3 Å². The molecule has 1 fully saturated rings. The first kappa shape index (κ1) is 22.9. The predicted molar refractivity (Wildman–Crippen MR) is 134 cm³/mol. The number of fused-ring (bicyclic) bond motifs is 2. The number of piperazine rings is 1. The number of ether oxygens (including phenoxy) is 2. The average Bonchev–Trinajstić information content (AvgIpc) is 3.37. The van der Waals surface area contributed by atoms with Crippen molar-refractivity contribution in [3.05, 3.63) is 48.5 Å². The van der Waals surface area contributed by atoms with Gasteiger partial charge in [0.1, 0.15) is 11.6 Å². The molecular weight excluding hydrogens is 444 g/mol. The van der Waals surface area contributed by atoms with Gasteiger partial charge in [-0.25, -0.2) is 4.98 Å². The van der Waals surface area contributed by atoms with Crippen LogP contribution in [0.1, 0.15) is 12.0 Å². The average molecular weight is 473 g/mol. The van der Waals surface area contributed by atoms with Crippen LogP contribution in [0.4, 0.5) is 11.4 Å². The van der Waals surface area contributed by atoms with E-state index in [9.17, 15) is 5.26 Å². The van der Waals surface area contributed by atoms with Gasteiger partial charge in [-0.3, -0.25) is 4.98 Å². The molecule has 1 aliphatic heterocycles. The lowest BCUT2D eigenvalue weighted by molar-refractivity contribution is 0.145. The van der Waals surface area contributed by atoms with E-state index in [0.29, 0.717) is 46.0 Å². The van der Waals surface area contributed by atoms with Crippen LogP contribution in [0, 0.1) is 11.3 Å². The van der Waals surface area contributed by atoms with Crippen molar-refractivity contribution >= 4 is 33.4 Å². The lowest BCUT2D eigenvalue weighted by atomic mass is 10.1. The Balaban J connectivity index is 1.38. The van der Waals surface area contributed by atoms with E-state index < -0.39 is 0 Å². The van der Waals surface area contributed by atoms with Crippen LogP contribution in [0.15, 0.2) is 47.3 Å². The maximum atomic E-state index is 9.75. The van der Waals surface area contributed by atoms with Crippen molar-refractivity contribution in [2.75, 3.05) is 58.8 Å². The van der Waals surface area contributed by atoms with Gasteiger partial charge >= 0.3 is 0 Å². The topological polar surface area (TPSA) is 99.7 Å². The molecule has 0 spiro atoms. The highest BCUT2D eigenvalue weighted by molar-refractivity contribution is 6.00. The molecule has 9 nitrogen and oxygen atoms in total. The highest BCUT2D eigenvalue weighted by atomic mass is 16.5. The van der Waals surface area contributed by atoms with E-state index in [2.05, 4.69) is 38.2 Å². The molecule has 0 radical (unpaired) electrons. The molecule has 1 N–H and O–H groups in total. The Morgan fingerprint density at radius 2 is 2.00 bits per heavy atom. The Labute approximate surface area is 203 Å². The van der Waals surface area contributed by atoms with Gasteiger partial charge in [-0.1, -0.05) is 6.07 Å². The highest BCUT2D eigenvalue weighted by Gasteiger charge is 2.17. The molecule has 0 atom stereocenters. The van der Waals surface area contributed by atoms with Crippen molar-refractivity contribution in [3.8, 4) is 17.6 Å². The van der Waals surface area contributed by atoms with Gasteiger partial charge in [-0.05, 0) is 31.7 Å². The van der Waals surface area contributed by atoms with Gasteiger partial charge < -0.3 is 29.0 Å². The maximum Gasteiger partial charge on any atom is 0.182 e. The number of hydrogen-bond donors (Lipinski definition) is 1. The van der Waals surface area contributed by atoms with Gasteiger partial charge in [0.15, 0.2) is 23.5 Å². The molecular formula is C26H28N6O3. The molecule has 0 bridgehead atoms. The number of oxazole rings is 1. The summed E-state index contributed by atoms with van der Waals surface area (Å²) in [4.78, 5) is 13.6. The summed E-state index contributed by atoms with van der Waals surface area (Å²) in [7, 11) is 3.78. The van der Waals surface area contributed by atoms with Crippen LogP contribution < -0.4 is 14.8 Å². The highest BCUT2D eigenvalue weighted by Crippen LogP contribution is 2.38. The van der Waals surface area contributed by atoms with Crippen molar-refractivity contribution < 1.29 is 13.9 Å². The van der Waals surface area contributed by atoms with E-state index in [4.69, 9.17) is 13.9 Å². The largest absolute Gasteiger partial charge is 0.493 e. The summed E-state index contributed by atoms with van der Waals surface area (Å²) in [5.41, 5.74) is 3.84. The van der Waals surface area contributed by atoms with Gasteiger partial charge in [0.25, 0.3) is 0 Å². The van der Waals surface area contributed by atoms with E-state index >= 15 is 0 Å². The zero-order valence-corrected chi connectivity index (χ0v) is 20.0. The summed E-state index contributed by atoms with van der Waals surface area (Å²) in [5, 5.41) is 13.9. The maximum absolute atomic E-state index is 9.75. The number of nitriles is 1. The summed E-state index contributed by atoms with van der Waals surface area (Å²) in [6.45, 7) is 6.00. The summed E-state index contributed by atoms with van der Waals surface area (Å²) in [5.74, 6) is 1.23. The number of hydrogen-bond acceptors (Lipinski definition) is 9. The fourth-order valence-corrected chi connectivity index (χ4v) is 4.36. The SMILES string of the molecule is COc1cc2c(Nc3cccc4ocnc34)c(C#N)cnc2cc1OCCCN1CCN(C)CC1. The number of nitrogens with zero attached hydrogens (tertiary/aromatic N) is 5. The first-order valence-corrected chi connectivity index (χ1v) is 11.7. The van der Waals surface area contributed by atoms with Gasteiger partial charge in [0.2, 0.25) is 0 Å². The quantitative estimate of drug-likeness (QED) is 0.381. The molecule has 5 rings (SSSR count). The summed E-state index contributed by atoms with van der Waals surface area (Å²) in [6.07, 6.45) is 3.90. The number of para-hydroxylation sites is 1. The number of nitrogens with one attached hydrogen (secondary N) is 1. The Bertz CT molecular complexity index is 1370. The third kappa shape index (κ3) is 4.85. The van der Waals surface area contributed by atoms with E-state index in [-0.39, 0.29) is 0 Å². The summed E-state index contributed by atoms with van der Waals surface area (Å²) in [6, 6.07) is 11.6. The second-order valence-electron chi connectivity index (χ2n) is 8.66. The van der Waals surface area contributed by atoms with Crippen LogP contribution >= 0.6 is 0 Å². The number of aromatic nitrogens is 2. The fourth-order valence-electron chi connectivity index (χ4n) is 4.36. The molecule has 2 aromatic heterocycles. The molecule has 2 aromatic carbocycles. The Hall–Kier alpha value is -3.87. The third-order valence-electron chi connectivity index (χ3n) is 6.37. The molecule has 35 heavy (non-hydrogen) atoms. The van der Waals surface area contributed by atoms with Gasteiger partial charge in [-0.15, -0.1) is 0 Å². The van der Waals surface area contributed by atoms with Crippen LogP contribution in [0.2, 0.25) is 0 Å². The minimum atomic E-state index is 0.417. The standard InChI is InChI=1S/C26H28N6O3/c1-31-8-10-32(11-9-31)7-4-12-34-24-14-21-19(13-23(24)33-2)25(18(15-27)16-28-21)30-20-5-3-6-22-26(20)29-17-35-22/h3,5-6,13-14,16-17H,4,7-12H2,1-2H3,(H,28,30). The van der Waals surface area contributed by atoms with Crippen molar-refractivity contribution in [2.24, 2.45) is 0 Å².